The highest BCUT2D eigenvalue weighted by molar-refractivity contribution is 6.30. The normalized spacial score (nSPS) is 10.3. The average Bonchev–Trinajstić information content (AvgIpc) is 3.04. The van der Waals surface area contributed by atoms with Gasteiger partial charge in [0, 0.05) is 22.0 Å². The van der Waals surface area contributed by atoms with E-state index in [2.05, 4.69) is 15.5 Å². The molecule has 21 heavy (non-hydrogen) atoms. The maximum absolute atomic E-state index is 12.2. The Morgan fingerprint density at radius 1 is 1.05 bits per heavy atom. The van der Waals surface area contributed by atoms with Crippen molar-refractivity contribution in [1.29, 1.82) is 0 Å². The molecule has 0 radical (unpaired) electrons. The highest BCUT2D eigenvalue weighted by atomic mass is 35.5. The van der Waals surface area contributed by atoms with Crippen molar-refractivity contribution in [3.8, 4) is 5.69 Å². The van der Waals surface area contributed by atoms with E-state index < -0.39 is 0 Å². The second kappa shape index (κ2) is 5.76. The van der Waals surface area contributed by atoms with Crippen LogP contribution in [0.25, 0.3) is 5.69 Å². The maximum Gasteiger partial charge on any atom is 0.255 e. The summed E-state index contributed by atoms with van der Waals surface area (Å²) in [7, 11) is 0. The van der Waals surface area contributed by atoms with Crippen molar-refractivity contribution in [1.82, 2.24) is 14.8 Å². The van der Waals surface area contributed by atoms with Gasteiger partial charge >= 0.3 is 0 Å². The maximum atomic E-state index is 12.2. The lowest BCUT2D eigenvalue weighted by Crippen LogP contribution is -2.12. The van der Waals surface area contributed by atoms with Crippen molar-refractivity contribution in [2.24, 2.45) is 0 Å². The number of rotatable bonds is 3. The molecule has 0 saturated heterocycles. The number of benzene rings is 2. The smallest absolute Gasteiger partial charge is 0.255 e. The molecule has 1 heterocycles. The lowest BCUT2D eigenvalue weighted by Gasteiger charge is -2.07. The molecule has 0 atom stereocenters. The van der Waals surface area contributed by atoms with Crippen LogP contribution in [0.1, 0.15) is 10.4 Å². The molecule has 0 unspecified atom stereocenters. The number of hydrogen-bond donors (Lipinski definition) is 1. The summed E-state index contributed by atoms with van der Waals surface area (Å²) in [5.41, 5.74) is 2.07. The molecule has 0 aliphatic carbocycles. The van der Waals surface area contributed by atoms with Crippen molar-refractivity contribution < 1.29 is 4.79 Å². The average molecular weight is 299 g/mol. The zero-order valence-corrected chi connectivity index (χ0v) is 11.7. The van der Waals surface area contributed by atoms with E-state index in [1.54, 1.807) is 53.6 Å². The van der Waals surface area contributed by atoms with Crippen LogP contribution in [0.4, 0.5) is 5.69 Å². The van der Waals surface area contributed by atoms with Gasteiger partial charge in [0.05, 0.1) is 0 Å². The molecule has 6 heteroatoms. The number of amides is 1. The number of carbonyl (C=O) groups excluding carboxylic acids is 1. The molecule has 1 N–H and O–H groups in total. The molecule has 0 aliphatic rings. The number of carbonyl (C=O) groups is 1. The van der Waals surface area contributed by atoms with Crippen LogP contribution in [0.3, 0.4) is 0 Å². The van der Waals surface area contributed by atoms with E-state index >= 15 is 0 Å². The van der Waals surface area contributed by atoms with Gasteiger partial charge in [0.2, 0.25) is 0 Å². The van der Waals surface area contributed by atoms with Crippen LogP contribution in [0.2, 0.25) is 5.02 Å². The van der Waals surface area contributed by atoms with Crippen LogP contribution in [0.15, 0.2) is 61.2 Å². The minimum Gasteiger partial charge on any atom is -0.322 e. The van der Waals surface area contributed by atoms with E-state index in [-0.39, 0.29) is 5.91 Å². The molecule has 104 valence electrons. The van der Waals surface area contributed by atoms with Crippen LogP contribution in [-0.2, 0) is 0 Å². The number of aromatic nitrogens is 3. The SMILES string of the molecule is O=C(Nc1ccc(Cl)cc1)c1cccc(-n2cnnc2)c1. The summed E-state index contributed by atoms with van der Waals surface area (Å²) in [6.07, 6.45) is 3.16. The molecule has 0 fully saturated rings. The lowest BCUT2D eigenvalue weighted by molar-refractivity contribution is 0.102. The summed E-state index contributed by atoms with van der Waals surface area (Å²) in [5.74, 6) is -0.188. The van der Waals surface area contributed by atoms with Crippen LogP contribution in [-0.4, -0.2) is 20.7 Å². The predicted molar refractivity (Wildman–Crippen MR) is 80.8 cm³/mol. The van der Waals surface area contributed by atoms with Crippen LogP contribution in [0, 0.1) is 0 Å². The van der Waals surface area contributed by atoms with Crippen molar-refractivity contribution in [3.05, 3.63) is 71.8 Å². The fourth-order valence-electron chi connectivity index (χ4n) is 1.88. The van der Waals surface area contributed by atoms with E-state index in [1.165, 1.54) is 0 Å². The Morgan fingerprint density at radius 3 is 2.48 bits per heavy atom. The number of halogens is 1. The van der Waals surface area contributed by atoms with Crippen LogP contribution in [0.5, 0.6) is 0 Å². The van der Waals surface area contributed by atoms with Gasteiger partial charge in [-0.3, -0.25) is 9.36 Å². The zero-order valence-electron chi connectivity index (χ0n) is 10.9. The fraction of sp³-hybridized carbons (Fsp3) is 0. The fourth-order valence-corrected chi connectivity index (χ4v) is 2.00. The Bertz CT molecular complexity index is 754. The van der Waals surface area contributed by atoms with E-state index in [1.807, 2.05) is 12.1 Å². The van der Waals surface area contributed by atoms with Crippen LogP contribution < -0.4 is 5.32 Å². The van der Waals surface area contributed by atoms with Gasteiger partial charge in [0.25, 0.3) is 5.91 Å². The van der Waals surface area contributed by atoms with Crippen LogP contribution >= 0.6 is 11.6 Å². The second-order valence-electron chi connectivity index (χ2n) is 4.38. The molecular weight excluding hydrogens is 288 g/mol. The highest BCUT2D eigenvalue weighted by Crippen LogP contribution is 2.15. The number of nitrogens with zero attached hydrogens (tertiary/aromatic N) is 3. The van der Waals surface area contributed by atoms with Crippen molar-refractivity contribution in [3.63, 3.8) is 0 Å². The van der Waals surface area contributed by atoms with Gasteiger partial charge in [0.1, 0.15) is 12.7 Å². The van der Waals surface area contributed by atoms with Crippen molar-refractivity contribution in [2.75, 3.05) is 5.32 Å². The minimum absolute atomic E-state index is 0.188. The van der Waals surface area contributed by atoms with E-state index in [0.717, 1.165) is 5.69 Å². The minimum atomic E-state index is -0.188. The Morgan fingerprint density at radius 2 is 1.76 bits per heavy atom. The largest absolute Gasteiger partial charge is 0.322 e. The standard InChI is InChI=1S/C15H11ClN4O/c16-12-4-6-13(7-5-12)19-15(21)11-2-1-3-14(8-11)20-9-17-18-10-20/h1-10H,(H,19,21). The van der Waals surface area contributed by atoms with Gasteiger partial charge in [-0.2, -0.15) is 0 Å². The summed E-state index contributed by atoms with van der Waals surface area (Å²) < 4.78 is 1.74. The number of nitrogens with one attached hydrogen (secondary N) is 1. The monoisotopic (exact) mass is 298 g/mol. The predicted octanol–water partition coefficient (Wildman–Crippen LogP) is 3.17. The first-order valence-electron chi connectivity index (χ1n) is 6.24. The quantitative estimate of drug-likeness (QED) is 0.808. The molecule has 0 saturated carbocycles. The first kappa shape index (κ1) is 13.3. The summed E-state index contributed by atoms with van der Waals surface area (Å²) in [6.45, 7) is 0. The number of hydrogen-bond acceptors (Lipinski definition) is 3. The summed E-state index contributed by atoms with van der Waals surface area (Å²) in [6, 6.07) is 14.2. The Hall–Kier alpha value is -2.66. The Balaban J connectivity index is 1.81. The molecule has 1 aromatic heterocycles. The molecule has 3 rings (SSSR count). The third-order valence-corrected chi connectivity index (χ3v) is 3.18. The molecule has 5 nitrogen and oxygen atoms in total. The Labute approximate surface area is 126 Å². The lowest BCUT2D eigenvalue weighted by atomic mass is 10.2. The molecule has 0 bridgehead atoms. The van der Waals surface area contributed by atoms with Crippen molar-refractivity contribution >= 4 is 23.2 Å². The number of anilines is 1. The van der Waals surface area contributed by atoms with E-state index in [4.69, 9.17) is 11.6 Å². The van der Waals surface area contributed by atoms with Gasteiger partial charge in [-0.1, -0.05) is 17.7 Å². The van der Waals surface area contributed by atoms with E-state index in [9.17, 15) is 4.79 Å². The zero-order chi connectivity index (χ0) is 14.7. The van der Waals surface area contributed by atoms with Crippen molar-refractivity contribution in [2.45, 2.75) is 0 Å². The van der Waals surface area contributed by atoms with Gasteiger partial charge in [-0.05, 0) is 42.5 Å². The molecule has 3 aromatic rings. The third-order valence-electron chi connectivity index (χ3n) is 2.93. The summed E-state index contributed by atoms with van der Waals surface area (Å²) in [5, 5.41) is 10.9. The third kappa shape index (κ3) is 3.09. The van der Waals surface area contributed by atoms with Gasteiger partial charge < -0.3 is 5.32 Å². The molecule has 2 aromatic carbocycles. The van der Waals surface area contributed by atoms with Gasteiger partial charge in [-0.15, -0.1) is 10.2 Å². The molecule has 0 aliphatic heterocycles. The van der Waals surface area contributed by atoms with Gasteiger partial charge in [0.15, 0.2) is 0 Å². The highest BCUT2D eigenvalue weighted by Gasteiger charge is 2.07. The first-order valence-corrected chi connectivity index (χ1v) is 6.62. The van der Waals surface area contributed by atoms with Gasteiger partial charge in [-0.25, -0.2) is 0 Å². The second-order valence-corrected chi connectivity index (χ2v) is 4.82. The summed E-state index contributed by atoms with van der Waals surface area (Å²) in [4.78, 5) is 12.2. The first-order chi connectivity index (χ1) is 10.2. The summed E-state index contributed by atoms with van der Waals surface area (Å²) >= 11 is 5.82. The topological polar surface area (TPSA) is 59.8 Å². The Kier molecular flexibility index (Phi) is 3.66. The van der Waals surface area contributed by atoms with E-state index in [0.29, 0.717) is 16.3 Å². The molecule has 1 amide bonds. The molecular formula is C15H11ClN4O. The molecule has 0 spiro atoms.